The first-order chi connectivity index (χ1) is 15.1. The smallest absolute Gasteiger partial charge is 0.549 e. The van der Waals surface area contributed by atoms with Crippen LogP contribution in [0.25, 0.3) is 0 Å². The van der Waals surface area contributed by atoms with Crippen LogP contribution in [0.5, 0.6) is 0 Å². The molecule has 1 aliphatic heterocycles. The van der Waals surface area contributed by atoms with E-state index in [0.717, 1.165) is 0 Å². The Balaban J connectivity index is 0.00000544. The fourth-order valence-corrected chi connectivity index (χ4v) is 3.63. The largest absolute Gasteiger partial charge is 3.00 e. The zero-order valence-corrected chi connectivity index (χ0v) is 19.5. The van der Waals surface area contributed by atoms with Crippen molar-refractivity contribution in [1.29, 1.82) is 0 Å². The zero-order chi connectivity index (χ0) is 23.7. The van der Waals surface area contributed by atoms with E-state index >= 15 is 0 Å². The van der Waals surface area contributed by atoms with E-state index in [4.69, 9.17) is 5.11 Å². The molecule has 0 aromatic carbocycles. The number of fused-ring (bicyclic) bond motifs is 2. The van der Waals surface area contributed by atoms with Crippen LogP contribution in [-0.4, -0.2) is 94.0 Å². The van der Waals surface area contributed by atoms with Crippen LogP contribution >= 0.6 is 0 Å². The molecule has 0 spiro atoms. The second kappa shape index (κ2) is 14.4. The van der Waals surface area contributed by atoms with E-state index in [1.807, 2.05) is 0 Å². The zero-order valence-electron chi connectivity index (χ0n) is 17.8. The molecule has 1 N–H and O–H groups in total. The molecular formula is C20H25N4O8Tm. The van der Waals surface area contributed by atoms with Gasteiger partial charge in [0, 0.05) is 64.8 Å². The van der Waals surface area contributed by atoms with Crippen molar-refractivity contribution in [3.63, 3.8) is 0 Å². The number of hydrogen-bond donors (Lipinski definition) is 1. The molecular weight excluding hydrogens is 593 g/mol. The molecule has 12 nitrogen and oxygen atoms in total. The standard InChI is InChI=1S/C20H28N4O8.Tm/c25-17(26)5-4-16(20(31)32)24-8-6-22(12-18(27)28)10-14-2-1-3-15(21-14)11-23(7-9-24)13-19(29)30;/h1-3,16H,4-13H2,(H,25,26)(H,27,28)(H,29,30)(H,31,32);/q;+3/p-3. The Kier molecular flexibility index (Phi) is 12.7. The van der Waals surface area contributed by atoms with Crippen LogP contribution in [-0.2, 0) is 32.3 Å². The SMILES string of the molecule is O=C([O-])CN1CCN(C(CCC(=O)O)C(=O)[O-])CCN(CC(=O)[O-])Cc2cccc(n2)C1.[Tm+3]. The molecule has 2 rings (SSSR count). The summed E-state index contributed by atoms with van der Waals surface area (Å²) in [5, 5.41) is 43.1. The van der Waals surface area contributed by atoms with Crippen LogP contribution in [0, 0.1) is 36.9 Å². The molecule has 0 fully saturated rings. The maximum atomic E-state index is 11.7. The summed E-state index contributed by atoms with van der Waals surface area (Å²) in [6.45, 7) is -0.0465. The van der Waals surface area contributed by atoms with E-state index < -0.39 is 49.4 Å². The van der Waals surface area contributed by atoms with Gasteiger partial charge in [-0.15, -0.1) is 0 Å². The first kappa shape index (κ1) is 29.2. The minimum atomic E-state index is -1.46. The summed E-state index contributed by atoms with van der Waals surface area (Å²) >= 11 is 0. The van der Waals surface area contributed by atoms with Crippen molar-refractivity contribution in [3.05, 3.63) is 29.6 Å². The molecule has 0 amide bonds. The van der Waals surface area contributed by atoms with E-state index in [0.29, 0.717) is 11.4 Å². The summed E-state index contributed by atoms with van der Waals surface area (Å²) in [5.74, 6) is -5.22. The second-order valence-corrected chi connectivity index (χ2v) is 7.59. The molecule has 1 aromatic rings. The summed E-state index contributed by atoms with van der Waals surface area (Å²) < 4.78 is 0. The Morgan fingerprint density at radius 1 is 0.909 bits per heavy atom. The number of carbonyl (C=O) groups is 4. The van der Waals surface area contributed by atoms with Gasteiger partial charge in [-0.05, 0) is 18.6 Å². The average molecular weight is 618 g/mol. The van der Waals surface area contributed by atoms with E-state index in [1.54, 1.807) is 28.0 Å². The molecule has 0 saturated heterocycles. The predicted octanol–water partition coefficient (Wildman–Crippen LogP) is -4.52. The molecule has 2 heterocycles. The topological polar surface area (TPSA) is 180 Å². The van der Waals surface area contributed by atoms with Gasteiger partial charge in [-0.3, -0.25) is 24.5 Å². The Hall–Kier alpha value is -1.86. The Bertz CT molecular complexity index is 795. The van der Waals surface area contributed by atoms with E-state index in [1.165, 1.54) is 4.90 Å². The molecule has 1 unspecified atom stereocenters. The first-order valence-electron chi connectivity index (χ1n) is 10.1. The number of aliphatic carboxylic acids is 4. The number of carboxylic acid groups (broad SMARTS) is 4. The maximum Gasteiger partial charge on any atom is 3.00 e. The molecule has 13 heteroatoms. The van der Waals surface area contributed by atoms with Crippen LogP contribution in [0.2, 0.25) is 0 Å². The molecule has 0 saturated carbocycles. The van der Waals surface area contributed by atoms with Crippen LogP contribution in [0.4, 0.5) is 0 Å². The molecule has 2 bridgehead atoms. The van der Waals surface area contributed by atoms with Crippen molar-refractivity contribution in [2.45, 2.75) is 32.0 Å². The number of carboxylic acids is 4. The molecule has 33 heavy (non-hydrogen) atoms. The third kappa shape index (κ3) is 10.7. The molecule has 0 aliphatic carbocycles. The van der Waals surface area contributed by atoms with Gasteiger partial charge in [-0.25, -0.2) is 0 Å². The van der Waals surface area contributed by atoms with Crippen molar-refractivity contribution in [2.24, 2.45) is 0 Å². The van der Waals surface area contributed by atoms with Crippen LogP contribution < -0.4 is 15.3 Å². The summed E-state index contributed by atoms with van der Waals surface area (Å²) in [6.07, 6.45) is -0.603. The fraction of sp³-hybridized carbons (Fsp3) is 0.550. The fourth-order valence-electron chi connectivity index (χ4n) is 3.63. The number of carbonyl (C=O) groups excluding carboxylic acids is 3. The second-order valence-electron chi connectivity index (χ2n) is 7.59. The predicted molar refractivity (Wildman–Crippen MR) is 102 cm³/mol. The van der Waals surface area contributed by atoms with Gasteiger partial charge >= 0.3 is 42.8 Å². The molecule has 1 aromatic heterocycles. The number of aromatic nitrogens is 1. The normalized spacial score (nSPS) is 17.1. The van der Waals surface area contributed by atoms with Crippen molar-refractivity contribution in [1.82, 2.24) is 19.7 Å². The van der Waals surface area contributed by atoms with Crippen LogP contribution in [0.3, 0.4) is 0 Å². The van der Waals surface area contributed by atoms with Gasteiger partial charge in [0.25, 0.3) is 0 Å². The third-order valence-electron chi connectivity index (χ3n) is 5.09. The number of hydrogen-bond acceptors (Lipinski definition) is 11. The van der Waals surface area contributed by atoms with Gasteiger partial charge < -0.3 is 34.8 Å². The molecule has 1 atom stereocenters. The number of nitrogens with zero attached hydrogens (tertiary/aromatic N) is 4. The van der Waals surface area contributed by atoms with Crippen molar-refractivity contribution >= 4 is 23.9 Å². The summed E-state index contributed by atoms with van der Waals surface area (Å²) in [4.78, 5) is 54.1. The Labute approximate surface area is 220 Å². The molecule has 186 valence electrons. The van der Waals surface area contributed by atoms with Crippen molar-refractivity contribution < 1.29 is 76.5 Å². The van der Waals surface area contributed by atoms with Gasteiger partial charge in [0.15, 0.2) is 0 Å². The monoisotopic (exact) mass is 618 g/mol. The quantitative estimate of drug-likeness (QED) is 0.281. The van der Waals surface area contributed by atoms with E-state index in [2.05, 4.69) is 4.98 Å². The third-order valence-corrected chi connectivity index (χ3v) is 5.09. The number of rotatable bonds is 9. The van der Waals surface area contributed by atoms with Gasteiger partial charge in [-0.2, -0.15) is 0 Å². The van der Waals surface area contributed by atoms with E-state index in [-0.39, 0.29) is 82.6 Å². The summed E-state index contributed by atoms with van der Waals surface area (Å²) in [6, 6.07) is 3.91. The van der Waals surface area contributed by atoms with Gasteiger partial charge in [0.05, 0.1) is 29.3 Å². The Morgan fingerprint density at radius 2 is 1.39 bits per heavy atom. The molecule has 1 aliphatic rings. The molecule has 0 radical (unpaired) electrons. The van der Waals surface area contributed by atoms with Crippen LogP contribution in [0.1, 0.15) is 24.2 Å². The number of pyridine rings is 1. The average Bonchev–Trinajstić information content (AvgIpc) is 2.67. The minimum absolute atomic E-state index is 0. The summed E-state index contributed by atoms with van der Waals surface area (Å²) in [7, 11) is 0. The Morgan fingerprint density at radius 3 is 1.79 bits per heavy atom. The van der Waals surface area contributed by atoms with Gasteiger partial charge in [0.2, 0.25) is 0 Å². The summed E-state index contributed by atoms with van der Waals surface area (Å²) in [5.41, 5.74) is 1.12. The van der Waals surface area contributed by atoms with Crippen molar-refractivity contribution in [2.75, 3.05) is 39.3 Å². The van der Waals surface area contributed by atoms with E-state index in [9.17, 15) is 34.5 Å². The first-order valence-corrected chi connectivity index (χ1v) is 10.1. The minimum Gasteiger partial charge on any atom is -0.549 e. The maximum absolute atomic E-state index is 11.7. The van der Waals surface area contributed by atoms with Gasteiger partial charge in [0.1, 0.15) is 0 Å². The van der Waals surface area contributed by atoms with Crippen LogP contribution in [0.15, 0.2) is 18.2 Å². The van der Waals surface area contributed by atoms with Gasteiger partial charge in [-0.1, -0.05) is 6.07 Å². The van der Waals surface area contributed by atoms with Crippen molar-refractivity contribution in [3.8, 4) is 0 Å².